The number of nitrogens with zero attached hydrogens (tertiary/aromatic N) is 2. The fraction of sp³-hybridized carbons (Fsp3) is 0.545. The zero-order chi connectivity index (χ0) is 11.5. The van der Waals surface area contributed by atoms with Gasteiger partial charge in [-0.3, -0.25) is 4.79 Å². The lowest BCUT2D eigenvalue weighted by molar-refractivity contribution is -0.142. The Morgan fingerprint density at radius 1 is 1.62 bits per heavy atom. The number of rotatable bonds is 3. The molecule has 0 saturated heterocycles. The number of ether oxygens (including phenoxy) is 1. The maximum atomic E-state index is 10.9. The number of hydrogen-bond acceptors (Lipinski definition) is 4. The second kappa shape index (κ2) is 4.47. The summed E-state index contributed by atoms with van der Waals surface area (Å²) in [5.41, 5.74) is 1.86. The van der Waals surface area contributed by atoms with E-state index in [1.54, 1.807) is 6.07 Å². The summed E-state index contributed by atoms with van der Waals surface area (Å²) < 4.78 is 5.25. The van der Waals surface area contributed by atoms with E-state index in [-0.39, 0.29) is 5.92 Å². The second-order valence-corrected chi connectivity index (χ2v) is 3.87. The molecule has 1 atom stereocenters. The average molecular weight is 222 g/mol. The van der Waals surface area contributed by atoms with Crippen LogP contribution in [0.25, 0.3) is 0 Å². The van der Waals surface area contributed by atoms with Gasteiger partial charge in [-0.15, -0.1) is 5.10 Å². The molecule has 0 fully saturated rings. The van der Waals surface area contributed by atoms with Crippen molar-refractivity contribution in [3.63, 3.8) is 0 Å². The standard InChI is InChI=1S/C11H14N2O3/c1-2-16-10-6-8-5-7(11(14)15)3-4-9(8)12-13-10/h6-7H,2-5H2,1H3,(H,14,15)/t7-/m1/s1. The highest BCUT2D eigenvalue weighted by Crippen LogP contribution is 2.25. The van der Waals surface area contributed by atoms with Crippen molar-refractivity contribution in [2.75, 3.05) is 6.61 Å². The third-order valence-electron chi connectivity index (χ3n) is 2.78. The van der Waals surface area contributed by atoms with Gasteiger partial charge in [0.1, 0.15) is 0 Å². The Kier molecular flexibility index (Phi) is 3.03. The van der Waals surface area contributed by atoms with Crippen LogP contribution >= 0.6 is 0 Å². The highest BCUT2D eigenvalue weighted by Gasteiger charge is 2.25. The summed E-state index contributed by atoms with van der Waals surface area (Å²) in [5.74, 6) is -0.557. The fourth-order valence-electron chi connectivity index (χ4n) is 1.93. The number of aromatic nitrogens is 2. The van der Waals surface area contributed by atoms with E-state index in [9.17, 15) is 4.79 Å². The van der Waals surface area contributed by atoms with Crippen LogP contribution in [0.3, 0.4) is 0 Å². The van der Waals surface area contributed by atoms with E-state index >= 15 is 0 Å². The number of hydrogen-bond donors (Lipinski definition) is 1. The number of aliphatic carboxylic acids is 1. The number of carboxylic acid groups (broad SMARTS) is 1. The normalized spacial score (nSPS) is 18.9. The molecule has 1 N–H and O–H groups in total. The molecule has 0 aromatic carbocycles. The number of aryl methyl sites for hydroxylation is 1. The molecule has 0 saturated carbocycles. The smallest absolute Gasteiger partial charge is 0.306 e. The van der Waals surface area contributed by atoms with Gasteiger partial charge in [-0.25, -0.2) is 0 Å². The highest BCUT2D eigenvalue weighted by atomic mass is 16.5. The van der Waals surface area contributed by atoms with Gasteiger partial charge in [-0.05, 0) is 31.7 Å². The minimum absolute atomic E-state index is 0.300. The molecule has 1 heterocycles. The van der Waals surface area contributed by atoms with Crippen molar-refractivity contribution in [2.45, 2.75) is 26.2 Å². The molecule has 0 unspecified atom stereocenters. The molecule has 1 aromatic heterocycles. The topological polar surface area (TPSA) is 72.3 Å². The number of carboxylic acids is 1. The van der Waals surface area contributed by atoms with Crippen LogP contribution in [0, 0.1) is 5.92 Å². The third kappa shape index (κ3) is 2.13. The minimum atomic E-state index is -0.736. The zero-order valence-electron chi connectivity index (χ0n) is 9.14. The Bertz CT molecular complexity index is 406. The first-order valence-electron chi connectivity index (χ1n) is 5.41. The Balaban J connectivity index is 2.21. The van der Waals surface area contributed by atoms with Gasteiger partial charge in [0.15, 0.2) is 0 Å². The fourth-order valence-corrected chi connectivity index (χ4v) is 1.93. The van der Waals surface area contributed by atoms with Crippen LogP contribution in [0.2, 0.25) is 0 Å². The zero-order valence-corrected chi connectivity index (χ0v) is 9.14. The first-order chi connectivity index (χ1) is 7.70. The molecule has 0 aliphatic heterocycles. The largest absolute Gasteiger partial charge is 0.481 e. The van der Waals surface area contributed by atoms with Crippen molar-refractivity contribution in [2.24, 2.45) is 5.92 Å². The summed E-state index contributed by atoms with van der Waals surface area (Å²) >= 11 is 0. The molecule has 0 bridgehead atoms. The van der Waals surface area contributed by atoms with E-state index in [2.05, 4.69) is 10.2 Å². The van der Waals surface area contributed by atoms with Gasteiger partial charge < -0.3 is 9.84 Å². The quantitative estimate of drug-likeness (QED) is 0.828. The summed E-state index contributed by atoms with van der Waals surface area (Å²) in [6.45, 7) is 2.41. The molecular weight excluding hydrogens is 208 g/mol. The first kappa shape index (κ1) is 10.9. The van der Waals surface area contributed by atoms with Crippen molar-refractivity contribution in [3.05, 3.63) is 17.3 Å². The Labute approximate surface area is 93.5 Å². The molecule has 2 rings (SSSR count). The number of fused-ring (bicyclic) bond motifs is 1. The molecule has 86 valence electrons. The van der Waals surface area contributed by atoms with E-state index in [0.717, 1.165) is 11.3 Å². The van der Waals surface area contributed by atoms with Crippen molar-refractivity contribution < 1.29 is 14.6 Å². The van der Waals surface area contributed by atoms with Crippen LogP contribution < -0.4 is 4.74 Å². The van der Waals surface area contributed by atoms with Gasteiger partial charge in [0.2, 0.25) is 5.88 Å². The van der Waals surface area contributed by atoms with Crippen LogP contribution in [0.15, 0.2) is 6.07 Å². The monoisotopic (exact) mass is 222 g/mol. The molecule has 0 radical (unpaired) electrons. The van der Waals surface area contributed by atoms with Crippen LogP contribution in [0.4, 0.5) is 0 Å². The maximum Gasteiger partial charge on any atom is 0.306 e. The van der Waals surface area contributed by atoms with E-state index in [1.165, 1.54) is 0 Å². The van der Waals surface area contributed by atoms with Gasteiger partial charge in [0.25, 0.3) is 0 Å². The maximum absolute atomic E-state index is 10.9. The van der Waals surface area contributed by atoms with E-state index in [4.69, 9.17) is 9.84 Å². The van der Waals surface area contributed by atoms with Gasteiger partial charge in [0, 0.05) is 6.07 Å². The molecule has 0 spiro atoms. The van der Waals surface area contributed by atoms with Crippen molar-refractivity contribution >= 4 is 5.97 Å². The summed E-state index contributed by atoms with van der Waals surface area (Å²) in [6.07, 6.45) is 1.86. The second-order valence-electron chi connectivity index (χ2n) is 3.87. The first-order valence-corrected chi connectivity index (χ1v) is 5.41. The van der Waals surface area contributed by atoms with Crippen molar-refractivity contribution in [1.82, 2.24) is 10.2 Å². The van der Waals surface area contributed by atoms with Crippen LogP contribution in [-0.4, -0.2) is 27.9 Å². The Hall–Kier alpha value is -1.65. The summed E-state index contributed by atoms with van der Waals surface area (Å²) in [5, 5.41) is 17.0. The van der Waals surface area contributed by atoms with Gasteiger partial charge in [-0.2, -0.15) is 5.10 Å². The van der Waals surface area contributed by atoms with E-state index in [1.807, 2.05) is 6.92 Å². The minimum Gasteiger partial charge on any atom is -0.481 e. The molecule has 1 aromatic rings. The Morgan fingerprint density at radius 3 is 3.12 bits per heavy atom. The molecule has 16 heavy (non-hydrogen) atoms. The lowest BCUT2D eigenvalue weighted by atomic mass is 9.87. The molecule has 1 aliphatic carbocycles. The van der Waals surface area contributed by atoms with Gasteiger partial charge >= 0.3 is 5.97 Å². The lowest BCUT2D eigenvalue weighted by Crippen LogP contribution is -2.23. The van der Waals surface area contributed by atoms with E-state index < -0.39 is 5.97 Å². The van der Waals surface area contributed by atoms with Crippen LogP contribution in [0.5, 0.6) is 5.88 Å². The predicted octanol–water partition coefficient (Wildman–Crippen LogP) is 1.06. The molecule has 0 amide bonds. The summed E-state index contributed by atoms with van der Waals surface area (Å²) in [7, 11) is 0. The van der Waals surface area contributed by atoms with Gasteiger partial charge in [-0.1, -0.05) is 0 Å². The summed E-state index contributed by atoms with van der Waals surface area (Å²) in [6, 6.07) is 1.81. The van der Waals surface area contributed by atoms with Crippen LogP contribution in [0.1, 0.15) is 24.6 Å². The van der Waals surface area contributed by atoms with E-state index in [0.29, 0.717) is 31.7 Å². The van der Waals surface area contributed by atoms with Crippen molar-refractivity contribution in [3.8, 4) is 5.88 Å². The van der Waals surface area contributed by atoms with Gasteiger partial charge in [0.05, 0.1) is 18.2 Å². The molecule has 5 heteroatoms. The predicted molar refractivity (Wildman–Crippen MR) is 56.4 cm³/mol. The number of carbonyl (C=O) groups is 1. The third-order valence-corrected chi connectivity index (χ3v) is 2.78. The Morgan fingerprint density at radius 2 is 2.44 bits per heavy atom. The van der Waals surface area contributed by atoms with Crippen LogP contribution in [-0.2, 0) is 17.6 Å². The molecule has 1 aliphatic rings. The average Bonchev–Trinajstić information content (AvgIpc) is 2.28. The highest BCUT2D eigenvalue weighted by molar-refractivity contribution is 5.70. The lowest BCUT2D eigenvalue weighted by Gasteiger charge is -2.20. The SMILES string of the molecule is CCOc1cc2c(nn1)CC[C@@H](C(=O)O)C2. The summed E-state index contributed by atoms with van der Waals surface area (Å²) in [4.78, 5) is 10.9. The molecular formula is C11H14N2O3. The molecule has 5 nitrogen and oxygen atoms in total. The van der Waals surface area contributed by atoms with Crippen molar-refractivity contribution in [1.29, 1.82) is 0 Å².